The number of aromatic nitrogens is 2. The standard InChI is InChI=1S/C15H16N2OS/c1-10-15(19-14-9-5-4-8-13(14)18)17-12-7-3-2-6-11(12)16-10/h2-3,6-7,14H,4-5,8-9H2,1H3/t14-/m1/s1. The van der Waals surface area contributed by atoms with Crippen LogP contribution >= 0.6 is 11.8 Å². The van der Waals surface area contributed by atoms with Crippen LogP contribution in [0.15, 0.2) is 29.3 Å². The number of para-hydroxylation sites is 2. The predicted octanol–water partition coefficient (Wildman–Crippen LogP) is 3.54. The average Bonchev–Trinajstić information content (AvgIpc) is 2.42. The molecular formula is C15H16N2OS. The second kappa shape index (κ2) is 5.29. The molecule has 1 heterocycles. The van der Waals surface area contributed by atoms with Crippen molar-refractivity contribution in [2.45, 2.75) is 42.9 Å². The summed E-state index contributed by atoms with van der Waals surface area (Å²) in [6.07, 6.45) is 3.87. The first-order chi connectivity index (χ1) is 9.24. The molecule has 98 valence electrons. The minimum Gasteiger partial charge on any atom is -0.298 e. The summed E-state index contributed by atoms with van der Waals surface area (Å²) in [5.74, 6) is 0.366. The molecule has 1 aliphatic carbocycles. The van der Waals surface area contributed by atoms with Crippen molar-refractivity contribution in [1.82, 2.24) is 9.97 Å². The van der Waals surface area contributed by atoms with Gasteiger partial charge in [-0.3, -0.25) is 4.79 Å². The molecule has 1 aromatic carbocycles. The number of nitrogens with zero attached hydrogens (tertiary/aromatic N) is 2. The number of rotatable bonds is 2. The molecule has 0 unspecified atom stereocenters. The summed E-state index contributed by atoms with van der Waals surface area (Å²) in [6.45, 7) is 1.97. The van der Waals surface area contributed by atoms with Gasteiger partial charge in [0.05, 0.1) is 22.0 Å². The van der Waals surface area contributed by atoms with Gasteiger partial charge in [0.1, 0.15) is 10.8 Å². The Morgan fingerprint density at radius 2 is 1.89 bits per heavy atom. The lowest BCUT2D eigenvalue weighted by Crippen LogP contribution is -2.21. The highest BCUT2D eigenvalue weighted by atomic mass is 32.2. The van der Waals surface area contributed by atoms with Crippen LogP contribution in [0.1, 0.15) is 31.4 Å². The van der Waals surface area contributed by atoms with Crippen LogP contribution in [0.3, 0.4) is 0 Å². The molecule has 1 fully saturated rings. The first-order valence-electron chi connectivity index (χ1n) is 6.67. The fraction of sp³-hybridized carbons (Fsp3) is 0.400. The van der Waals surface area contributed by atoms with Crippen molar-refractivity contribution in [1.29, 1.82) is 0 Å². The number of hydrogen-bond acceptors (Lipinski definition) is 4. The summed E-state index contributed by atoms with van der Waals surface area (Å²) in [7, 11) is 0. The highest BCUT2D eigenvalue weighted by Crippen LogP contribution is 2.32. The van der Waals surface area contributed by atoms with Crippen molar-refractivity contribution in [3.8, 4) is 0 Å². The minimum atomic E-state index is 0.0721. The van der Waals surface area contributed by atoms with Gasteiger partial charge in [-0.2, -0.15) is 0 Å². The largest absolute Gasteiger partial charge is 0.298 e. The van der Waals surface area contributed by atoms with Crippen LogP contribution in [-0.2, 0) is 4.79 Å². The Labute approximate surface area is 116 Å². The average molecular weight is 272 g/mol. The molecule has 19 heavy (non-hydrogen) atoms. The quantitative estimate of drug-likeness (QED) is 0.838. The summed E-state index contributed by atoms with van der Waals surface area (Å²) in [6, 6.07) is 7.87. The zero-order valence-electron chi connectivity index (χ0n) is 10.9. The van der Waals surface area contributed by atoms with E-state index in [4.69, 9.17) is 0 Å². The fourth-order valence-corrected chi connectivity index (χ4v) is 3.56. The summed E-state index contributed by atoms with van der Waals surface area (Å²) in [5, 5.41) is 0.974. The second-order valence-corrected chi connectivity index (χ2v) is 6.11. The first kappa shape index (κ1) is 12.6. The number of aryl methyl sites for hydroxylation is 1. The van der Waals surface area contributed by atoms with Gasteiger partial charge < -0.3 is 0 Å². The molecule has 2 aromatic rings. The van der Waals surface area contributed by atoms with E-state index >= 15 is 0 Å². The van der Waals surface area contributed by atoms with E-state index in [9.17, 15) is 4.79 Å². The molecule has 0 saturated heterocycles. The van der Waals surface area contributed by atoms with Crippen LogP contribution in [-0.4, -0.2) is 21.0 Å². The third-order valence-corrected chi connectivity index (χ3v) is 4.85. The summed E-state index contributed by atoms with van der Waals surface area (Å²) < 4.78 is 0. The van der Waals surface area contributed by atoms with Crippen LogP contribution in [0.25, 0.3) is 11.0 Å². The van der Waals surface area contributed by atoms with Crippen molar-refractivity contribution < 1.29 is 4.79 Å². The molecule has 3 nitrogen and oxygen atoms in total. The van der Waals surface area contributed by atoms with Crippen molar-refractivity contribution >= 4 is 28.6 Å². The van der Waals surface area contributed by atoms with E-state index in [1.165, 1.54) is 0 Å². The maximum atomic E-state index is 11.9. The number of hydrogen-bond donors (Lipinski definition) is 0. The number of thioether (sulfide) groups is 1. The molecule has 1 aliphatic rings. The zero-order chi connectivity index (χ0) is 13.2. The SMILES string of the molecule is Cc1nc2ccccc2nc1S[C@@H]1CCCCC1=O. The number of Topliss-reactive ketones (excluding diaryl/α,β-unsaturated/α-hetero) is 1. The van der Waals surface area contributed by atoms with E-state index < -0.39 is 0 Å². The third-order valence-electron chi connectivity index (χ3n) is 3.45. The Kier molecular flexibility index (Phi) is 3.51. The van der Waals surface area contributed by atoms with Gasteiger partial charge in [-0.05, 0) is 31.9 Å². The fourth-order valence-electron chi connectivity index (χ4n) is 2.39. The molecule has 1 saturated carbocycles. The van der Waals surface area contributed by atoms with E-state index in [1.807, 2.05) is 31.2 Å². The molecule has 0 spiro atoms. The Hall–Kier alpha value is -1.42. The van der Waals surface area contributed by atoms with Crippen LogP contribution in [0.5, 0.6) is 0 Å². The molecule has 3 rings (SSSR count). The summed E-state index contributed by atoms with van der Waals surface area (Å²) in [5.41, 5.74) is 2.74. The smallest absolute Gasteiger partial charge is 0.146 e. The maximum absolute atomic E-state index is 11.9. The topological polar surface area (TPSA) is 42.9 Å². The van der Waals surface area contributed by atoms with Crippen LogP contribution < -0.4 is 0 Å². The molecule has 0 radical (unpaired) electrons. The van der Waals surface area contributed by atoms with Crippen molar-refractivity contribution in [3.05, 3.63) is 30.0 Å². The molecule has 1 aromatic heterocycles. The van der Waals surface area contributed by atoms with Crippen LogP contribution in [0.4, 0.5) is 0 Å². The van der Waals surface area contributed by atoms with Gasteiger partial charge in [0.25, 0.3) is 0 Å². The van der Waals surface area contributed by atoms with Gasteiger partial charge >= 0.3 is 0 Å². The Balaban J connectivity index is 1.91. The van der Waals surface area contributed by atoms with Crippen molar-refractivity contribution in [2.75, 3.05) is 0 Å². The monoisotopic (exact) mass is 272 g/mol. The van der Waals surface area contributed by atoms with E-state index in [-0.39, 0.29) is 5.25 Å². The molecular weight excluding hydrogens is 256 g/mol. The lowest BCUT2D eigenvalue weighted by molar-refractivity contribution is -0.119. The number of fused-ring (bicyclic) bond motifs is 1. The molecule has 4 heteroatoms. The van der Waals surface area contributed by atoms with E-state index in [0.29, 0.717) is 5.78 Å². The number of carbonyl (C=O) groups is 1. The Morgan fingerprint density at radius 3 is 2.63 bits per heavy atom. The molecule has 0 bridgehead atoms. The van der Waals surface area contributed by atoms with Crippen molar-refractivity contribution in [3.63, 3.8) is 0 Å². The van der Waals surface area contributed by atoms with Gasteiger partial charge in [0, 0.05) is 6.42 Å². The van der Waals surface area contributed by atoms with Crippen LogP contribution in [0.2, 0.25) is 0 Å². The molecule has 0 aliphatic heterocycles. The maximum Gasteiger partial charge on any atom is 0.146 e. The van der Waals surface area contributed by atoms with E-state index in [0.717, 1.165) is 47.4 Å². The highest BCUT2D eigenvalue weighted by molar-refractivity contribution is 8.00. The molecule has 0 N–H and O–H groups in total. The summed E-state index contributed by atoms with van der Waals surface area (Å²) >= 11 is 1.59. The number of benzene rings is 1. The third kappa shape index (κ3) is 2.63. The molecule has 1 atom stereocenters. The zero-order valence-corrected chi connectivity index (χ0v) is 11.7. The van der Waals surface area contributed by atoms with Crippen LogP contribution in [0, 0.1) is 6.92 Å². The Morgan fingerprint density at radius 1 is 1.16 bits per heavy atom. The highest BCUT2D eigenvalue weighted by Gasteiger charge is 2.24. The Bertz CT molecular complexity index is 627. The predicted molar refractivity (Wildman–Crippen MR) is 77.4 cm³/mol. The van der Waals surface area contributed by atoms with E-state index in [2.05, 4.69) is 9.97 Å². The lowest BCUT2D eigenvalue weighted by atomic mass is 9.99. The molecule has 0 amide bonds. The van der Waals surface area contributed by atoms with Gasteiger partial charge in [0.15, 0.2) is 0 Å². The first-order valence-corrected chi connectivity index (χ1v) is 7.55. The van der Waals surface area contributed by atoms with Crippen molar-refractivity contribution in [2.24, 2.45) is 0 Å². The van der Waals surface area contributed by atoms with Gasteiger partial charge in [-0.15, -0.1) is 0 Å². The van der Waals surface area contributed by atoms with Gasteiger partial charge in [-0.1, -0.05) is 30.3 Å². The number of ketones is 1. The van der Waals surface area contributed by atoms with Gasteiger partial charge in [-0.25, -0.2) is 9.97 Å². The lowest BCUT2D eigenvalue weighted by Gasteiger charge is -2.20. The second-order valence-electron chi connectivity index (χ2n) is 4.92. The number of carbonyl (C=O) groups excluding carboxylic acids is 1. The summed E-state index contributed by atoms with van der Waals surface area (Å²) in [4.78, 5) is 21.1. The van der Waals surface area contributed by atoms with Gasteiger partial charge in [0.2, 0.25) is 0 Å². The van der Waals surface area contributed by atoms with E-state index in [1.54, 1.807) is 11.8 Å². The normalized spacial score (nSPS) is 19.8. The minimum absolute atomic E-state index is 0.0721.